The molecule has 2 rings (SSSR count). The number of hydrogen-bond acceptors (Lipinski definition) is 4. The van der Waals surface area contributed by atoms with E-state index in [1.165, 1.54) is 10.7 Å². The zero-order chi connectivity index (χ0) is 12.4. The topological polar surface area (TPSA) is 84.2 Å². The predicted molar refractivity (Wildman–Crippen MR) is 62.4 cm³/mol. The van der Waals surface area contributed by atoms with Crippen LogP contribution in [0.2, 0.25) is 0 Å². The van der Waals surface area contributed by atoms with E-state index in [2.05, 4.69) is 10.4 Å². The number of carbonyl (C=O) groups is 2. The standard InChI is InChI=1S/C10H9N3O3S/c1-13-5-4-6(12-13)9(14)11-8-3-2-7(17-8)10(15)16/h2-5H,1H3,(H,11,14)(H,15,16). The van der Waals surface area contributed by atoms with Crippen LogP contribution in [0, 0.1) is 0 Å². The van der Waals surface area contributed by atoms with Gasteiger partial charge < -0.3 is 10.4 Å². The summed E-state index contributed by atoms with van der Waals surface area (Å²) < 4.78 is 1.52. The summed E-state index contributed by atoms with van der Waals surface area (Å²) in [5, 5.41) is 15.7. The van der Waals surface area contributed by atoms with Gasteiger partial charge in [0.1, 0.15) is 4.88 Å². The Bertz CT molecular complexity index is 573. The molecule has 2 N–H and O–H groups in total. The summed E-state index contributed by atoms with van der Waals surface area (Å²) in [6, 6.07) is 4.58. The molecule has 0 aliphatic rings. The van der Waals surface area contributed by atoms with Crippen LogP contribution in [0.3, 0.4) is 0 Å². The fourth-order valence-electron chi connectivity index (χ4n) is 1.23. The molecule has 88 valence electrons. The Morgan fingerprint density at radius 2 is 2.18 bits per heavy atom. The largest absolute Gasteiger partial charge is 0.477 e. The Kier molecular flexibility index (Phi) is 2.92. The second-order valence-corrected chi connectivity index (χ2v) is 4.38. The molecule has 2 aromatic rings. The molecule has 0 aromatic carbocycles. The summed E-state index contributed by atoms with van der Waals surface area (Å²) in [4.78, 5) is 22.5. The minimum absolute atomic E-state index is 0.182. The van der Waals surface area contributed by atoms with Gasteiger partial charge in [-0.3, -0.25) is 9.48 Å². The molecule has 17 heavy (non-hydrogen) atoms. The van der Waals surface area contributed by atoms with Crippen LogP contribution in [-0.4, -0.2) is 26.8 Å². The molecule has 0 aliphatic heterocycles. The lowest BCUT2D eigenvalue weighted by Crippen LogP contribution is -2.11. The Balaban J connectivity index is 2.10. The third kappa shape index (κ3) is 2.51. The third-order valence-corrected chi connectivity index (χ3v) is 2.99. The van der Waals surface area contributed by atoms with E-state index in [9.17, 15) is 9.59 Å². The maximum absolute atomic E-state index is 11.7. The van der Waals surface area contributed by atoms with Crippen molar-refractivity contribution in [1.82, 2.24) is 9.78 Å². The van der Waals surface area contributed by atoms with Gasteiger partial charge in [-0.25, -0.2) is 4.79 Å². The predicted octanol–water partition coefficient (Wildman–Crippen LogP) is 1.43. The quantitative estimate of drug-likeness (QED) is 0.864. The van der Waals surface area contributed by atoms with Crippen LogP contribution in [-0.2, 0) is 7.05 Å². The first-order chi connectivity index (χ1) is 8.06. The number of nitrogens with one attached hydrogen (secondary N) is 1. The smallest absolute Gasteiger partial charge is 0.345 e. The molecule has 0 atom stereocenters. The van der Waals surface area contributed by atoms with Crippen LogP contribution in [0.15, 0.2) is 24.4 Å². The highest BCUT2D eigenvalue weighted by Crippen LogP contribution is 2.22. The number of carboxylic acids is 1. The number of aromatic nitrogens is 2. The molecule has 0 bridgehead atoms. The fourth-order valence-corrected chi connectivity index (χ4v) is 1.97. The number of thiophene rings is 1. The Morgan fingerprint density at radius 3 is 2.71 bits per heavy atom. The van der Waals surface area contributed by atoms with Gasteiger partial charge in [0.2, 0.25) is 0 Å². The van der Waals surface area contributed by atoms with Gasteiger partial charge in [0, 0.05) is 13.2 Å². The van der Waals surface area contributed by atoms with Gasteiger partial charge in [-0.15, -0.1) is 11.3 Å². The lowest BCUT2D eigenvalue weighted by Gasteiger charge is -1.98. The first-order valence-electron chi connectivity index (χ1n) is 4.70. The van der Waals surface area contributed by atoms with Crippen molar-refractivity contribution in [3.8, 4) is 0 Å². The van der Waals surface area contributed by atoms with E-state index < -0.39 is 5.97 Å². The molecule has 0 fully saturated rings. The molecule has 0 spiro atoms. The zero-order valence-electron chi connectivity index (χ0n) is 8.88. The maximum atomic E-state index is 11.7. The number of anilines is 1. The van der Waals surface area contributed by atoms with Gasteiger partial charge >= 0.3 is 5.97 Å². The van der Waals surface area contributed by atoms with Gasteiger partial charge in [-0.2, -0.15) is 5.10 Å². The van der Waals surface area contributed by atoms with Crippen molar-refractivity contribution in [3.63, 3.8) is 0 Å². The van der Waals surface area contributed by atoms with E-state index in [4.69, 9.17) is 5.11 Å². The van der Waals surface area contributed by atoms with Crippen molar-refractivity contribution >= 4 is 28.2 Å². The molecule has 1 amide bonds. The summed E-state index contributed by atoms with van der Waals surface area (Å²) in [5.41, 5.74) is 0.290. The van der Waals surface area contributed by atoms with Crippen molar-refractivity contribution in [1.29, 1.82) is 0 Å². The highest BCUT2D eigenvalue weighted by molar-refractivity contribution is 7.18. The molecule has 6 nitrogen and oxygen atoms in total. The van der Waals surface area contributed by atoms with Crippen LogP contribution in [0.4, 0.5) is 5.00 Å². The number of aromatic carboxylic acids is 1. The van der Waals surface area contributed by atoms with E-state index in [0.29, 0.717) is 5.00 Å². The lowest BCUT2D eigenvalue weighted by atomic mass is 10.4. The Morgan fingerprint density at radius 1 is 1.41 bits per heavy atom. The Labute approximate surface area is 100 Å². The van der Waals surface area contributed by atoms with Crippen LogP contribution in [0.1, 0.15) is 20.2 Å². The minimum Gasteiger partial charge on any atom is -0.477 e. The molecule has 2 aromatic heterocycles. The van der Waals surface area contributed by atoms with Crippen molar-refractivity contribution in [2.24, 2.45) is 7.05 Å². The van der Waals surface area contributed by atoms with E-state index in [0.717, 1.165) is 11.3 Å². The van der Waals surface area contributed by atoms with E-state index in [1.807, 2.05) is 0 Å². The third-order valence-electron chi connectivity index (χ3n) is 2.00. The van der Waals surface area contributed by atoms with Crippen molar-refractivity contribution in [2.75, 3.05) is 5.32 Å². The van der Waals surface area contributed by atoms with Crippen LogP contribution in [0.5, 0.6) is 0 Å². The fraction of sp³-hybridized carbons (Fsp3) is 0.100. The van der Waals surface area contributed by atoms with Crippen molar-refractivity contribution < 1.29 is 14.7 Å². The summed E-state index contributed by atoms with van der Waals surface area (Å²) in [6.07, 6.45) is 1.66. The normalized spacial score (nSPS) is 10.2. The summed E-state index contributed by atoms with van der Waals surface area (Å²) in [6.45, 7) is 0. The molecule has 0 saturated heterocycles. The van der Waals surface area contributed by atoms with E-state index >= 15 is 0 Å². The van der Waals surface area contributed by atoms with Crippen molar-refractivity contribution in [2.45, 2.75) is 0 Å². The van der Waals surface area contributed by atoms with Gasteiger partial charge in [0.25, 0.3) is 5.91 Å². The number of rotatable bonds is 3. The highest BCUT2D eigenvalue weighted by Gasteiger charge is 2.12. The minimum atomic E-state index is -1.01. The molecule has 7 heteroatoms. The average Bonchev–Trinajstić information content (AvgIpc) is 2.86. The highest BCUT2D eigenvalue weighted by atomic mass is 32.1. The van der Waals surface area contributed by atoms with Crippen LogP contribution in [0.25, 0.3) is 0 Å². The molecule has 0 unspecified atom stereocenters. The first kappa shape index (κ1) is 11.3. The molecular weight excluding hydrogens is 242 g/mol. The van der Waals surface area contributed by atoms with Gasteiger partial charge in [-0.1, -0.05) is 0 Å². The molecular formula is C10H9N3O3S. The van der Waals surface area contributed by atoms with Gasteiger partial charge in [0.15, 0.2) is 5.69 Å². The summed E-state index contributed by atoms with van der Waals surface area (Å²) in [5.74, 6) is -1.36. The lowest BCUT2D eigenvalue weighted by molar-refractivity contribution is 0.0702. The molecule has 2 heterocycles. The molecule has 0 saturated carbocycles. The monoisotopic (exact) mass is 251 g/mol. The Hall–Kier alpha value is -2.15. The second kappa shape index (κ2) is 4.38. The summed E-state index contributed by atoms with van der Waals surface area (Å²) >= 11 is 1.00. The van der Waals surface area contributed by atoms with Crippen LogP contribution >= 0.6 is 11.3 Å². The second-order valence-electron chi connectivity index (χ2n) is 3.30. The van der Waals surface area contributed by atoms with Gasteiger partial charge in [0.05, 0.1) is 5.00 Å². The van der Waals surface area contributed by atoms with Gasteiger partial charge in [-0.05, 0) is 18.2 Å². The molecule has 0 aliphatic carbocycles. The number of aryl methyl sites for hydroxylation is 1. The average molecular weight is 251 g/mol. The SMILES string of the molecule is Cn1ccc(C(=O)Nc2ccc(C(=O)O)s2)n1. The van der Waals surface area contributed by atoms with E-state index in [1.54, 1.807) is 25.4 Å². The number of amides is 1. The van der Waals surface area contributed by atoms with Crippen LogP contribution < -0.4 is 5.32 Å². The molecule has 0 radical (unpaired) electrons. The first-order valence-corrected chi connectivity index (χ1v) is 5.52. The number of nitrogens with zero attached hydrogens (tertiary/aromatic N) is 2. The number of carbonyl (C=O) groups excluding carboxylic acids is 1. The van der Waals surface area contributed by atoms with Crippen molar-refractivity contribution in [3.05, 3.63) is 35.0 Å². The maximum Gasteiger partial charge on any atom is 0.345 e. The zero-order valence-corrected chi connectivity index (χ0v) is 9.69. The van der Waals surface area contributed by atoms with E-state index in [-0.39, 0.29) is 16.5 Å². The number of hydrogen-bond donors (Lipinski definition) is 2. The number of carboxylic acid groups (broad SMARTS) is 1. The summed E-state index contributed by atoms with van der Waals surface area (Å²) in [7, 11) is 1.71.